The van der Waals surface area contributed by atoms with Gasteiger partial charge in [-0.15, -0.1) is 21.5 Å². The van der Waals surface area contributed by atoms with Crippen molar-refractivity contribution in [2.75, 3.05) is 12.8 Å². The summed E-state index contributed by atoms with van der Waals surface area (Å²) in [5, 5.41) is 14.0. The van der Waals surface area contributed by atoms with Crippen molar-refractivity contribution in [3.05, 3.63) is 58.5 Å². The second-order valence-electron chi connectivity index (χ2n) is 4.79. The van der Waals surface area contributed by atoms with Crippen LogP contribution in [0.25, 0.3) is 5.69 Å². The monoisotopic (exact) mass is 344 g/mol. The van der Waals surface area contributed by atoms with Gasteiger partial charge in [-0.1, -0.05) is 36.0 Å². The third kappa shape index (κ3) is 3.80. The summed E-state index contributed by atoms with van der Waals surface area (Å²) >= 11 is 3.09. The van der Waals surface area contributed by atoms with Crippen molar-refractivity contribution >= 4 is 29.0 Å². The Hall–Kier alpha value is -2.12. The first-order chi connectivity index (χ1) is 11.3. The lowest BCUT2D eigenvalue weighted by Gasteiger charge is -2.09. The molecule has 1 aromatic carbocycles. The molecule has 2 heterocycles. The van der Waals surface area contributed by atoms with Crippen LogP contribution in [0.4, 0.5) is 0 Å². The molecule has 0 saturated heterocycles. The Bertz CT molecular complexity index is 769. The average Bonchev–Trinajstić information content (AvgIpc) is 3.23. The maximum absolute atomic E-state index is 11.5. The van der Waals surface area contributed by atoms with Crippen molar-refractivity contribution in [2.24, 2.45) is 0 Å². The van der Waals surface area contributed by atoms with Gasteiger partial charge in [-0.2, -0.15) is 0 Å². The molecule has 0 bridgehead atoms. The first-order valence-electron chi connectivity index (χ1n) is 7.13. The van der Waals surface area contributed by atoms with Crippen molar-refractivity contribution < 1.29 is 4.79 Å². The predicted molar refractivity (Wildman–Crippen MR) is 93.3 cm³/mol. The number of nitrogens with one attached hydrogen (secondary N) is 1. The Labute approximate surface area is 142 Å². The lowest BCUT2D eigenvalue weighted by atomic mass is 10.3. The molecule has 7 heteroatoms. The van der Waals surface area contributed by atoms with Gasteiger partial charge in [0.2, 0.25) is 5.91 Å². The van der Waals surface area contributed by atoms with Crippen LogP contribution in [0.1, 0.15) is 10.7 Å². The number of thiophene rings is 1. The van der Waals surface area contributed by atoms with E-state index < -0.39 is 0 Å². The molecule has 0 aliphatic heterocycles. The van der Waals surface area contributed by atoms with Crippen LogP contribution in [-0.4, -0.2) is 33.5 Å². The predicted octanol–water partition coefficient (Wildman–Crippen LogP) is 2.76. The highest BCUT2D eigenvalue weighted by Crippen LogP contribution is 2.24. The highest BCUT2D eigenvalue weighted by atomic mass is 32.2. The summed E-state index contributed by atoms with van der Waals surface area (Å²) in [5.74, 6) is 1.16. The molecule has 1 amide bonds. The van der Waals surface area contributed by atoms with Gasteiger partial charge in [-0.05, 0) is 23.6 Å². The molecule has 0 aliphatic carbocycles. The van der Waals surface area contributed by atoms with E-state index in [0.29, 0.717) is 5.75 Å². The van der Waals surface area contributed by atoms with E-state index in [1.807, 2.05) is 41.0 Å². The van der Waals surface area contributed by atoms with Gasteiger partial charge in [0, 0.05) is 24.0 Å². The summed E-state index contributed by atoms with van der Waals surface area (Å²) in [6, 6.07) is 14.1. The van der Waals surface area contributed by atoms with Gasteiger partial charge >= 0.3 is 0 Å². The second kappa shape index (κ2) is 7.43. The Morgan fingerprint density at radius 3 is 2.74 bits per heavy atom. The van der Waals surface area contributed by atoms with Gasteiger partial charge < -0.3 is 5.32 Å². The summed E-state index contributed by atoms with van der Waals surface area (Å²) < 4.78 is 2.02. The summed E-state index contributed by atoms with van der Waals surface area (Å²) in [4.78, 5) is 12.7. The average molecular weight is 344 g/mol. The van der Waals surface area contributed by atoms with Crippen molar-refractivity contribution in [1.82, 2.24) is 20.1 Å². The van der Waals surface area contributed by atoms with Gasteiger partial charge in [0.05, 0.1) is 5.75 Å². The number of hydrogen-bond acceptors (Lipinski definition) is 5. The highest BCUT2D eigenvalue weighted by Gasteiger charge is 2.16. The number of rotatable bonds is 6. The largest absolute Gasteiger partial charge is 0.358 e. The summed E-state index contributed by atoms with van der Waals surface area (Å²) in [6.07, 6.45) is 0.722. The molecule has 2 aromatic heterocycles. The SMILES string of the molecule is CNC(=O)CSc1nnc(Cc2cccs2)n1-c1ccccc1. The van der Waals surface area contributed by atoms with Crippen molar-refractivity contribution in [1.29, 1.82) is 0 Å². The fourth-order valence-electron chi connectivity index (χ4n) is 2.12. The van der Waals surface area contributed by atoms with Gasteiger partial charge in [-0.3, -0.25) is 9.36 Å². The molecule has 0 unspecified atom stereocenters. The summed E-state index contributed by atoms with van der Waals surface area (Å²) in [6.45, 7) is 0. The molecular formula is C16H16N4OS2. The Kier molecular flexibility index (Phi) is 5.09. The van der Waals surface area contributed by atoms with Crippen LogP contribution in [0.2, 0.25) is 0 Å². The number of carbonyl (C=O) groups excluding carboxylic acids is 1. The van der Waals surface area contributed by atoms with E-state index in [9.17, 15) is 4.79 Å². The van der Waals surface area contributed by atoms with Crippen molar-refractivity contribution in [2.45, 2.75) is 11.6 Å². The summed E-state index contributed by atoms with van der Waals surface area (Å²) in [7, 11) is 1.63. The minimum Gasteiger partial charge on any atom is -0.358 e. The lowest BCUT2D eigenvalue weighted by molar-refractivity contribution is -0.118. The van der Waals surface area contributed by atoms with Crippen LogP contribution >= 0.6 is 23.1 Å². The molecule has 0 fully saturated rings. The van der Waals surface area contributed by atoms with Crippen LogP contribution in [0.5, 0.6) is 0 Å². The third-order valence-corrected chi connectivity index (χ3v) is 5.04. The smallest absolute Gasteiger partial charge is 0.230 e. The zero-order valence-electron chi connectivity index (χ0n) is 12.6. The van der Waals surface area contributed by atoms with Crippen LogP contribution in [0.3, 0.4) is 0 Å². The zero-order valence-corrected chi connectivity index (χ0v) is 14.2. The molecule has 3 aromatic rings. The molecule has 1 N–H and O–H groups in total. The van der Waals surface area contributed by atoms with Gasteiger partial charge in [0.25, 0.3) is 0 Å². The van der Waals surface area contributed by atoms with E-state index in [0.717, 1.165) is 23.1 Å². The van der Waals surface area contributed by atoms with Gasteiger partial charge in [-0.25, -0.2) is 0 Å². The van der Waals surface area contributed by atoms with E-state index in [-0.39, 0.29) is 5.91 Å². The molecule has 0 saturated carbocycles. The van der Waals surface area contributed by atoms with Crippen molar-refractivity contribution in [3.63, 3.8) is 0 Å². The molecule has 0 radical (unpaired) electrons. The molecule has 23 heavy (non-hydrogen) atoms. The van der Waals surface area contributed by atoms with Crippen LogP contribution in [0.15, 0.2) is 53.0 Å². The van der Waals surface area contributed by atoms with Gasteiger partial charge in [0.1, 0.15) is 5.82 Å². The quantitative estimate of drug-likeness (QED) is 0.699. The lowest BCUT2D eigenvalue weighted by Crippen LogP contribution is -2.20. The molecule has 118 valence electrons. The third-order valence-electron chi connectivity index (χ3n) is 3.24. The number of nitrogens with zero attached hydrogens (tertiary/aromatic N) is 3. The Balaban J connectivity index is 1.93. The minimum atomic E-state index is -0.0302. The molecule has 0 aliphatic rings. The molecule has 0 spiro atoms. The second-order valence-corrected chi connectivity index (χ2v) is 6.76. The van der Waals surface area contributed by atoms with E-state index in [1.54, 1.807) is 18.4 Å². The standard InChI is InChI=1S/C16H16N4OS2/c1-17-15(21)11-23-16-19-18-14(10-13-8-5-9-22-13)20(16)12-6-3-2-4-7-12/h2-9H,10-11H2,1H3,(H,17,21). The van der Waals surface area contributed by atoms with Crippen LogP contribution in [-0.2, 0) is 11.2 Å². The van der Waals surface area contributed by atoms with Crippen LogP contribution in [0, 0.1) is 0 Å². The fourth-order valence-corrected chi connectivity index (χ4v) is 3.66. The molecular weight excluding hydrogens is 328 g/mol. The fraction of sp³-hybridized carbons (Fsp3) is 0.188. The normalized spacial score (nSPS) is 10.7. The highest BCUT2D eigenvalue weighted by molar-refractivity contribution is 7.99. The number of carbonyl (C=O) groups is 1. The Morgan fingerprint density at radius 1 is 1.22 bits per heavy atom. The topological polar surface area (TPSA) is 59.8 Å². The van der Waals surface area contributed by atoms with Gasteiger partial charge in [0.15, 0.2) is 5.16 Å². The van der Waals surface area contributed by atoms with E-state index in [2.05, 4.69) is 27.0 Å². The van der Waals surface area contributed by atoms with Crippen LogP contribution < -0.4 is 5.32 Å². The molecule has 5 nitrogen and oxygen atoms in total. The maximum atomic E-state index is 11.5. The zero-order chi connectivity index (χ0) is 16.1. The van der Waals surface area contributed by atoms with E-state index in [1.165, 1.54) is 16.6 Å². The number of aromatic nitrogens is 3. The number of hydrogen-bond donors (Lipinski definition) is 1. The minimum absolute atomic E-state index is 0.0302. The number of benzene rings is 1. The maximum Gasteiger partial charge on any atom is 0.230 e. The molecule has 0 atom stereocenters. The first kappa shape index (κ1) is 15.8. The first-order valence-corrected chi connectivity index (χ1v) is 9.00. The van der Waals surface area contributed by atoms with E-state index in [4.69, 9.17) is 0 Å². The molecule has 3 rings (SSSR count). The number of thioether (sulfide) groups is 1. The Morgan fingerprint density at radius 2 is 2.04 bits per heavy atom. The summed E-state index contributed by atoms with van der Waals surface area (Å²) in [5.41, 5.74) is 1.00. The van der Waals surface area contributed by atoms with Crippen molar-refractivity contribution in [3.8, 4) is 5.69 Å². The van der Waals surface area contributed by atoms with E-state index >= 15 is 0 Å². The number of amides is 1. The number of para-hydroxylation sites is 1.